The summed E-state index contributed by atoms with van der Waals surface area (Å²) in [6.07, 6.45) is 0. The molecule has 0 heterocycles. The monoisotopic (exact) mass is 246 g/mol. The molecule has 0 amide bonds. The van der Waals surface area contributed by atoms with Gasteiger partial charge in [-0.15, -0.1) is 0 Å². The van der Waals surface area contributed by atoms with Gasteiger partial charge in [0, 0.05) is 34.9 Å². The predicted octanol–water partition coefficient (Wildman–Crippen LogP) is 0.941. The highest BCUT2D eigenvalue weighted by atomic mass is 32.2. The topological polar surface area (TPSA) is 86.2 Å². The molecule has 0 aliphatic rings. The first-order chi connectivity index (χ1) is 7.52. The van der Waals surface area contributed by atoms with E-state index in [9.17, 15) is 18.7 Å². The molecule has 0 radical (unpaired) electrons. The normalized spacial score (nSPS) is 12.4. The van der Waals surface area contributed by atoms with Crippen molar-refractivity contribution in [3.8, 4) is 0 Å². The van der Waals surface area contributed by atoms with Gasteiger partial charge in [0.1, 0.15) is 5.82 Å². The molecule has 0 aromatic heterocycles. The summed E-state index contributed by atoms with van der Waals surface area (Å²) >= 11 is 0. The van der Waals surface area contributed by atoms with E-state index >= 15 is 0 Å². The Labute approximate surface area is 94.1 Å². The summed E-state index contributed by atoms with van der Waals surface area (Å²) in [5.74, 6) is -0.325. The number of non-ortho nitro benzene ring substituents is 1. The summed E-state index contributed by atoms with van der Waals surface area (Å²) in [7, 11) is -1.22. The van der Waals surface area contributed by atoms with E-state index in [1.165, 1.54) is 6.07 Å². The minimum atomic E-state index is -1.22. The number of hydrogen-bond donors (Lipinski definition) is 1. The van der Waals surface area contributed by atoms with Gasteiger partial charge in [-0.3, -0.25) is 14.3 Å². The van der Waals surface area contributed by atoms with Crippen molar-refractivity contribution >= 4 is 16.5 Å². The number of nitrogens with zero attached hydrogens (tertiary/aromatic N) is 1. The van der Waals surface area contributed by atoms with Crippen LogP contribution in [-0.2, 0) is 16.6 Å². The molecule has 0 fully saturated rings. The van der Waals surface area contributed by atoms with Crippen molar-refractivity contribution in [2.75, 3.05) is 12.3 Å². The SMILES string of the molecule is NCCS(=O)Cc1cc(F)cc([N+](=O)[O-])c1. The van der Waals surface area contributed by atoms with Gasteiger partial charge in [0.15, 0.2) is 0 Å². The molecule has 0 aliphatic heterocycles. The Balaban J connectivity index is 2.88. The first-order valence-electron chi connectivity index (χ1n) is 4.52. The van der Waals surface area contributed by atoms with Gasteiger partial charge in [-0.25, -0.2) is 4.39 Å². The number of halogens is 1. The lowest BCUT2D eigenvalue weighted by molar-refractivity contribution is -0.385. The molecular weight excluding hydrogens is 235 g/mol. The van der Waals surface area contributed by atoms with Gasteiger partial charge in [0.25, 0.3) is 5.69 Å². The number of hydrogen-bond acceptors (Lipinski definition) is 4. The van der Waals surface area contributed by atoms with E-state index in [0.29, 0.717) is 11.3 Å². The summed E-state index contributed by atoms with van der Waals surface area (Å²) in [5, 5.41) is 10.5. The number of rotatable bonds is 5. The highest BCUT2D eigenvalue weighted by Gasteiger charge is 2.11. The van der Waals surface area contributed by atoms with Crippen LogP contribution in [0.4, 0.5) is 10.1 Å². The fourth-order valence-corrected chi connectivity index (χ4v) is 2.16. The van der Waals surface area contributed by atoms with Crippen LogP contribution in [0.1, 0.15) is 5.56 Å². The Bertz CT molecular complexity index is 425. The molecule has 0 aliphatic carbocycles. The Morgan fingerprint density at radius 3 is 2.69 bits per heavy atom. The maximum Gasteiger partial charge on any atom is 0.272 e. The average molecular weight is 246 g/mol. The van der Waals surface area contributed by atoms with Crippen molar-refractivity contribution in [3.63, 3.8) is 0 Å². The standard InChI is InChI=1S/C9H11FN2O3S/c10-8-3-7(6-16(15)2-1-11)4-9(5-8)12(13)14/h3-5H,1-2,6,11H2. The Hall–Kier alpha value is -1.34. The predicted molar refractivity (Wildman–Crippen MR) is 58.8 cm³/mol. The molecule has 1 rings (SSSR count). The molecule has 0 spiro atoms. The maximum atomic E-state index is 13.0. The van der Waals surface area contributed by atoms with Crippen LogP contribution in [0.5, 0.6) is 0 Å². The van der Waals surface area contributed by atoms with Crippen molar-refractivity contribution in [2.24, 2.45) is 5.73 Å². The fraction of sp³-hybridized carbons (Fsp3) is 0.333. The third-order valence-corrected chi connectivity index (χ3v) is 3.17. The molecular formula is C9H11FN2O3S. The molecule has 1 unspecified atom stereocenters. The van der Waals surface area contributed by atoms with E-state index < -0.39 is 21.5 Å². The second-order valence-electron chi connectivity index (χ2n) is 3.15. The highest BCUT2D eigenvalue weighted by Crippen LogP contribution is 2.17. The zero-order valence-electron chi connectivity index (χ0n) is 8.39. The largest absolute Gasteiger partial charge is 0.330 e. The molecule has 0 bridgehead atoms. The van der Waals surface area contributed by atoms with Crippen LogP contribution in [0.15, 0.2) is 18.2 Å². The Kier molecular flexibility index (Phi) is 4.51. The maximum absolute atomic E-state index is 13.0. The van der Waals surface area contributed by atoms with Crippen molar-refractivity contribution in [3.05, 3.63) is 39.7 Å². The average Bonchev–Trinajstić information content (AvgIpc) is 2.16. The molecule has 7 heteroatoms. The van der Waals surface area contributed by atoms with Crippen LogP contribution >= 0.6 is 0 Å². The fourth-order valence-electron chi connectivity index (χ4n) is 1.21. The molecule has 16 heavy (non-hydrogen) atoms. The first kappa shape index (κ1) is 12.7. The van der Waals surface area contributed by atoms with Crippen LogP contribution in [0, 0.1) is 15.9 Å². The third kappa shape index (κ3) is 3.67. The summed E-state index contributed by atoms with van der Waals surface area (Å²) < 4.78 is 24.3. The van der Waals surface area contributed by atoms with Gasteiger partial charge >= 0.3 is 0 Å². The molecule has 88 valence electrons. The molecule has 1 aromatic carbocycles. The number of nitro groups is 1. The van der Waals surface area contributed by atoms with Gasteiger partial charge in [0.05, 0.1) is 11.0 Å². The van der Waals surface area contributed by atoms with Gasteiger partial charge < -0.3 is 5.73 Å². The van der Waals surface area contributed by atoms with Crippen molar-refractivity contribution in [2.45, 2.75) is 5.75 Å². The molecule has 2 N–H and O–H groups in total. The lowest BCUT2D eigenvalue weighted by Gasteiger charge is -2.01. The van der Waals surface area contributed by atoms with E-state index in [1.807, 2.05) is 0 Å². The van der Waals surface area contributed by atoms with Crippen LogP contribution in [0.2, 0.25) is 0 Å². The van der Waals surface area contributed by atoms with Crippen LogP contribution in [-0.4, -0.2) is 21.4 Å². The Morgan fingerprint density at radius 2 is 2.12 bits per heavy atom. The molecule has 1 aromatic rings. The minimum absolute atomic E-state index is 0.0792. The lowest BCUT2D eigenvalue weighted by atomic mass is 10.2. The quantitative estimate of drug-likeness (QED) is 0.618. The van der Waals surface area contributed by atoms with Gasteiger partial charge in [-0.2, -0.15) is 0 Å². The second-order valence-corrected chi connectivity index (χ2v) is 4.73. The smallest absolute Gasteiger partial charge is 0.272 e. The van der Waals surface area contributed by atoms with Crippen molar-refractivity contribution < 1.29 is 13.5 Å². The van der Waals surface area contributed by atoms with Gasteiger partial charge in [-0.05, 0) is 11.6 Å². The summed E-state index contributed by atoms with van der Waals surface area (Å²) in [6.45, 7) is 0.268. The Morgan fingerprint density at radius 1 is 1.44 bits per heavy atom. The van der Waals surface area contributed by atoms with Crippen LogP contribution in [0.3, 0.4) is 0 Å². The molecule has 0 saturated carbocycles. The van der Waals surface area contributed by atoms with E-state index in [0.717, 1.165) is 12.1 Å². The molecule has 5 nitrogen and oxygen atoms in total. The van der Waals surface area contributed by atoms with Crippen LogP contribution in [0.25, 0.3) is 0 Å². The first-order valence-corrected chi connectivity index (χ1v) is 6.00. The highest BCUT2D eigenvalue weighted by molar-refractivity contribution is 7.84. The summed E-state index contributed by atoms with van der Waals surface area (Å²) in [4.78, 5) is 9.78. The number of benzene rings is 1. The van der Waals surface area contributed by atoms with Crippen molar-refractivity contribution in [1.82, 2.24) is 0 Å². The number of nitro benzene ring substituents is 1. The zero-order valence-corrected chi connectivity index (χ0v) is 9.21. The van der Waals surface area contributed by atoms with Crippen LogP contribution < -0.4 is 5.73 Å². The summed E-state index contributed by atoms with van der Waals surface area (Å²) in [5.41, 5.74) is 5.23. The zero-order chi connectivity index (χ0) is 12.1. The number of nitrogens with two attached hydrogens (primary N) is 1. The third-order valence-electron chi connectivity index (χ3n) is 1.83. The lowest BCUT2D eigenvalue weighted by Crippen LogP contribution is -2.11. The molecule has 0 saturated heterocycles. The minimum Gasteiger partial charge on any atom is -0.330 e. The summed E-state index contributed by atoms with van der Waals surface area (Å²) in [6, 6.07) is 3.19. The van der Waals surface area contributed by atoms with Crippen molar-refractivity contribution in [1.29, 1.82) is 0 Å². The second kappa shape index (κ2) is 5.66. The van der Waals surface area contributed by atoms with E-state index in [-0.39, 0.29) is 18.0 Å². The van der Waals surface area contributed by atoms with Gasteiger partial charge in [-0.1, -0.05) is 0 Å². The van der Waals surface area contributed by atoms with E-state index in [1.54, 1.807) is 0 Å². The molecule has 1 atom stereocenters. The van der Waals surface area contributed by atoms with E-state index in [4.69, 9.17) is 5.73 Å². The van der Waals surface area contributed by atoms with Gasteiger partial charge in [0.2, 0.25) is 0 Å². The van der Waals surface area contributed by atoms with E-state index in [2.05, 4.69) is 0 Å².